The highest BCUT2D eigenvalue weighted by Gasteiger charge is 2.25. The van der Waals surface area contributed by atoms with E-state index in [2.05, 4.69) is 31.1 Å². The molecule has 2 atom stereocenters. The summed E-state index contributed by atoms with van der Waals surface area (Å²) in [6.45, 7) is 10.6. The molecule has 0 bridgehead atoms. The second kappa shape index (κ2) is 11.5. The summed E-state index contributed by atoms with van der Waals surface area (Å²) in [6.07, 6.45) is 5.41. The number of hydrogen-bond donors (Lipinski definition) is 1. The van der Waals surface area contributed by atoms with Gasteiger partial charge in [-0.25, -0.2) is 0 Å². The molecule has 2 unspecified atom stereocenters. The fourth-order valence-electron chi connectivity index (χ4n) is 3.12. The minimum Gasteiger partial charge on any atom is -0.380 e. The summed E-state index contributed by atoms with van der Waals surface area (Å²) >= 11 is 0. The molecular formula is C16H34N2O2. The number of rotatable bonds is 12. The molecule has 0 spiro atoms. The predicted molar refractivity (Wildman–Crippen MR) is 84.2 cm³/mol. The highest BCUT2D eigenvalue weighted by molar-refractivity contribution is 4.82. The van der Waals surface area contributed by atoms with Crippen LogP contribution < -0.4 is 5.32 Å². The largest absolute Gasteiger partial charge is 0.380 e. The van der Waals surface area contributed by atoms with E-state index in [0.29, 0.717) is 0 Å². The van der Waals surface area contributed by atoms with Gasteiger partial charge in [0.1, 0.15) is 0 Å². The zero-order valence-corrected chi connectivity index (χ0v) is 13.7. The van der Waals surface area contributed by atoms with Crippen LogP contribution in [0.15, 0.2) is 0 Å². The van der Waals surface area contributed by atoms with Crippen LogP contribution in [0.5, 0.6) is 0 Å². The van der Waals surface area contributed by atoms with Crippen molar-refractivity contribution < 1.29 is 9.47 Å². The summed E-state index contributed by atoms with van der Waals surface area (Å²) in [5.41, 5.74) is 0. The van der Waals surface area contributed by atoms with E-state index in [0.717, 1.165) is 51.5 Å². The Balaban J connectivity index is 2.26. The van der Waals surface area contributed by atoms with Crippen molar-refractivity contribution in [3.05, 3.63) is 0 Å². The van der Waals surface area contributed by atoms with Gasteiger partial charge in [-0.05, 0) is 52.6 Å². The van der Waals surface area contributed by atoms with E-state index in [1.54, 1.807) is 0 Å². The molecule has 1 saturated carbocycles. The van der Waals surface area contributed by atoms with Crippen LogP contribution in [0.25, 0.3) is 0 Å². The van der Waals surface area contributed by atoms with Gasteiger partial charge in [-0.2, -0.15) is 0 Å². The first-order valence-corrected chi connectivity index (χ1v) is 8.36. The van der Waals surface area contributed by atoms with Crippen LogP contribution in [-0.4, -0.2) is 64.1 Å². The van der Waals surface area contributed by atoms with E-state index in [-0.39, 0.29) is 0 Å². The maximum Gasteiger partial charge on any atom is 0.0593 e. The third-order valence-corrected chi connectivity index (χ3v) is 4.36. The zero-order chi connectivity index (χ0) is 14.6. The van der Waals surface area contributed by atoms with Gasteiger partial charge in [-0.1, -0.05) is 6.42 Å². The predicted octanol–water partition coefficient (Wildman–Crippen LogP) is 2.14. The van der Waals surface area contributed by atoms with Crippen molar-refractivity contribution in [1.29, 1.82) is 0 Å². The fourth-order valence-corrected chi connectivity index (χ4v) is 3.12. The highest BCUT2D eigenvalue weighted by Crippen LogP contribution is 2.28. The van der Waals surface area contributed by atoms with Crippen molar-refractivity contribution in [1.82, 2.24) is 10.2 Å². The van der Waals surface area contributed by atoms with Gasteiger partial charge in [0.2, 0.25) is 0 Å². The second-order valence-electron chi connectivity index (χ2n) is 5.61. The molecule has 0 radical (unpaired) electrons. The Labute approximate surface area is 125 Å². The lowest BCUT2D eigenvalue weighted by atomic mass is 9.99. The Morgan fingerprint density at radius 3 is 2.20 bits per heavy atom. The first kappa shape index (κ1) is 17.9. The van der Waals surface area contributed by atoms with Crippen molar-refractivity contribution in [3.63, 3.8) is 0 Å². The average molecular weight is 286 g/mol. The van der Waals surface area contributed by atoms with Gasteiger partial charge >= 0.3 is 0 Å². The number of nitrogens with one attached hydrogen (secondary N) is 1. The lowest BCUT2D eigenvalue weighted by molar-refractivity contribution is 0.0797. The molecule has 1 aliphatic rings. The summed E-state index contributed by atoms with van der Waals surface area (Å²) in [5.74, 6) is 0.849. The Morgan fingerprint density at radius 2 is 1.65 bits per heavy atom. The van der Waals surface area contributed by atoms with Crippen LogP contribution in [0.3, 0.4) is 0 Å². The van der Waals surface area contributed by atoms with Gasteiger partial charge in [0.15, 0.2) is 0 Å². The van der Waals surface area contributed by atoms with E-state index in [1.807, 2.05) is 0 Å². The molecule has 20 heavy (non-hydrogen) atoms. The molecule has 0 amide bonds. The molecule has 1 N–H and O–H groups in total. The standard InChI is InChI=1S/C16H34N2O2/c1-4-19-13-11-18(12-14-20-5-2)10-9-15-7-6-8-16(15)17-3/h15-17H,4-14H2,1-3H3. The lowest BCUT2D eigenvalue weighted by Gasteiger charge is -2.26. The minimum absolute atomic E-state index is 0.732. The Morgan fingerprint density at radius 1 is 1.00 bits per heavy atom. The molecule has 1 fully saturated rings. The number of hydrogen-bond acceptors (Lipinski definition) is 4. The summed E-state index contributed by atoms with van der Waals surface area (Å²) in [4.78, 5) is 2.50. The molecule has 0 saturated heterocycles. The Kier molecular flexibility index (Phi) is 10.3. The van der Waals surface area contributed by atoms with Crippen molar-refractivity contribution in [2.45, 2.75) is 45.6 Å². The van der Waals surface area contributed by atoms with Gasteiger partial charge in [0, 0.05) is 32.3 Å². The Hall–Kier alpha value is -0.160. The molecule has 1 rings (SSSR count). The SMILES string of the molecule is CCOCCN(CCOCC)CCC1CCCC1NC. The van der Waals surface area contributed by atoms with Crippen LogP contribution in [0, 0.1) is 5.92 Å². The molecule has 4 nitrogen and oxygen atoms in total. The van der Waals surface area contributed by atoms with Crippen LogP contribution in [0.2, 0.25) is 0 Å². The van der Waals surface area contributed by atoms with Gasteiger partial charge in [-0.3, -0.25) is 4.90 Å². The van der Waals surface area contributed by atoms with Crippen molar-refractivity contribution in [2.24, 2.45) is 5.92 Å². The summed E-state index contributed by atoms with van der Waals surface area (Å²) in [6, 6.07) is 0.732. The monoisotopic (exact) mass is 286 g/mol. The summed E-state index contributed by atoms with van der Waals surface area (Å²) in [7, 11) is 2.10. The number of ether oxygens (including phenoxy) is 2. The maximum absolute atomic E-state index is 5.49. The molecule has 0 aliphatic heterocycles. The van der Waals surface area contributed by atoms with E-state index in [1.165, 1.54) is 32.2 Å². The zero-order valence-electron chi connectivity index (χ0n) is 13.7. The minimum atomic E-state index is 0.732. The van der Waals surface area contributed by atoms with Crippen LogP contribution in [-0.2, 0) is 9.47 Å². The highest BCUT2D eigenvalue weighted by atomic mass is 16.5. The Bertz CT molecular complexity index is 217. The molecule has 4 heteroatoms. The third kappa shape index (κ3) is 7.02. The van der Waals surface area contributed by atoms with Crippen molar-refractivity contribution in [3.8, 4) is 0 Å². The van der Waals surface area contributed by atoms with Gasteiger partial charge in [0.25, 0.3) is 0 Å². The van der Waals surface area contributed by atoms with Gasteiger partial charge < -0.3 is 14.8 Å². The lowest BCUT2D eigenvalue weighted by Crippen LogP contribution is -2.35. The first-order valence-electron chi connectivity index (χ1n) is 8.36. The third-order valence-electron chi connectivity index (χ3n) is 4.36. The second-order valence-corrected chi connectivity index (χ2v) is 5.61. The maximum atomic E-state index is 5.49. The first-order chi connectivity index (χ1) is 9.81. The topological polar surface area (TPSA) is 33.7 Å². The molecule has 0 heterocycles. The molecule has 0 aromatic heterocycles. The normalized spacial score (nSPS) is 22.8. The van der Waals surface area contributed by atoms with Crippen molar-refractivity contribution in [2.75, 3.05) is 53.1 Å². The number of nitrogens with zero attached hydrogens (tertiary/aromatic N) is 1. The van der Waals surface area contributed by atoms with Crippen LogP contribution >= 0.6 is 0 Å². The quantitative estimate of drug-likeness (QED) is 0.557. The van der Waals surface area contributed by atoms with E-state index in [9.17, 15) is 0 Å². The van der Waals surface area contributed by atoms with E-state index < -0.39 is 0 Å². The van der Waals surface area contributed by atoms with Crippen LogP contribution in [0.1, 0.15) is 39.5 Å². The smallest absolute Gasteiger partial charge is 0.0593 e. The molecular weight excluding hydrogens is 252 g/mol. The average Bonchev–Trinajstić information content (AvgIpc) is 2.92. The van der Waals surface area contributed by atoms with E-state index in [4.69, 9.17) is 9.47 Å². The molecule has 120 valence electrons. The van der Waals surface area contributed by atoms with Crippen molar-refractivity contribution >= 4 is 0 Å². The van der Waals surface area contributed by atoms with Gasteiger partial charge in [0.05, 0.1) is 13.2 Å². The molecule has 1 aliphatic carbocycles. The van der Waals surface area contributed by atoms with Gasteiger partial charge in [-0.15, -0.1) is 0 Å². The summed E-state index contributed by atoms with van der Waals surface area (Å²) in [5, 5.41) is 3.47. The molecule has 0 aromatic carbocycles. The summed E-state index contributed by atoms with van der Waals surface area (Å²) < 4.78 is 11.0. The van der Waals surface area contributed by atoms with Crippen LogP contribution in [0.4, 0.5) is 0 Å². The fraction of sp³-hybridized carbons (Fsp3) is 1.00. The molecule has 0 aromatic rings. The van der Waals surface area contributed by atoms with E-state index >= 15 is 0 Å².